The van der Waals surface area contributed by atoms with E-state index in [-0.39, 0.29) is 23.5 Å². The number of nitrogens with zero attached hydrogens (tertiary/aromatic N) is 2. The van der Waals surface area contributed by atoms with Gasteiger partial charge in [-0.1, -0.05) is 30.3 Å². The fourth-order valence-corrected chi connectivity index (χ4v) is 4.97. The van der Waals surface area contributed by atoms with Crippen LogP contribution in [-0.4, -0.2) is 34.8 Å². The molecule has 2 amide bonds. The molecule has 5 nitrogen and oxygen atoms in total. The summed E-state index contributed by atoms with van der Waals surface area (Å²) in [7, 11) is 0. The predicted molar refractivity (Wildman–Crippen MR) is 124 cm³/mol. The molecule has 0 bridgehead atoms. The fourth-order valence-electron chi connectivity index (χ4n) is 3.93. The Balaban J connectivity index is 1.29. The lowest BCUT2D eigenvalue weighted by atomic mass is 9.93. The zero-order valence-corrected chi connectivity index (χ0v) is 18.8. The Morgan fingerprint density at radius 2 is 1.78 bits per heavy atom. The number of rotatable bonds is 6. The third-order valence-corrected chi connectivity index (χ3v) is 6.98. The van der Waals surface area contributed by atoms with E-state index in [1.807, 2.05) is 42.2 Å². The third-order valence-electron chi connectivity index (χ3n) is 5.79. The number of carbonyl (C=O) groups is 2. The molecular formula is C25H26FN3O2S. The fraction of sp³-hybridized carbons (Fsp3) is 0.320. The van der Waals surface area contributed by atoms with E-state index in [9.17, 15) is 14.0 Å². The van der Waals surface area contributed by atoms with Crippen LogP contribution < -0.4 is 5.32 Å². The summed E-state index contributed by atoms with van der Waals surface area (Å²) in [5.41, 5.74) is 2.58. The van der Waals surface area contributed by atoms with Crippen molar-refractivity contribution >= 4 is 23.2 Å². The molecule has 0 unspecified atom stereocenters. The highest BCUT2D eigenvalue weighted by Gasteiger charge is 2.27. The van der Waals surface area contributed by atoms with Gasteiger partial charge in [-0.2, -0.15) is 0 Å². The lowest BCUT2D eigenvalue weighted by molar-refractivity contribution is -0.122. The molecule has 0 saturated carbocycles. The van der Waals surface area contributed by atoms with E-state index < -0.39 is 0 Å². The molecular weight excluding hydrogens is 425 g/mol. The van der Waals surface area contributed by atoms with Crippen molar-refractivity contribution in [3.63, 3.8) is 0 Å². The van der Waals surface area contributed by atoms with Crippen LogP contribution >= 0.6 is 11.3 Å². The normalized spacial score (nSPS) is 14.4. The van der Waals surface area contributed by atoms with Gasteiger partial charge in [-0.05, 0) is 55.5 Å². The summed E-state index contributed by atoms with van der Waals surface area (Å²) in [6, 6.07) is 16.0. The van der Waals surface area contributed by atoms with Gasteiger partial charge in [-0.3, -0.25) is 9.59 Å². The number of halogens is 1. The van der Waals surface area contributed by atoms with Crippen LogP contribution in [0.5, 0.6) is 0 Å². The van der Waals surface area contributed by atoms with Crippen molar-refractivity contribution in [2.45, 2.75) is 32.7 Å². The van der Waals surface area contributed by atoms with Gasteiger partial charge >= 0.3 is 0 Å². The summed E-state index contributed by atoms with van der Waals surface area (Å²) in [5, 5.41) is 3.70. The number of aromatic nitrogens is 1. The summed E-state index contributed by atoms with van der Waals surface area (Å²) in [6.45, 7) is 3.65. The molecule has 2 aromatic carbocycles. The Hall–Kier alpha value is -3.06. The van der Waals surface area contributed by atoms with E-state index >= 15 is 0 Å². The van der Waals surface area contributed by atoms with Crippen LogP contribution in [0.25, 0.3) is 10.6 Å². The first-order chi connectivity index (χ1) is 15.5. The number of amides is 2. The molecule has 1 aliphatic rings. The van der Waals surface area contributed by atoms with Crippen LogP contribution in [0.1, 0.15) is 40.2 Å². The molecule has 1 aromatic heterocycles. The second-order valence-corrected chi connectivity index (χ2v) is 9.14. The monoisotopic (exact) mass is 451 g/mol. The number of piperidine rings is 1. The molecule has 1 aliphatic heterocycles. The molecule has 166 valence electrons. The summed E-state index contributed by atoms with van der Waals surface area (Å²) < 4.78 is 13.2. The smallest absolute Gasteiger partial charge is 0.265 e. The van der Waals surface area contributed by atoms with Crippen molar-refractivity contribution in [3.8, 4) is 10.6 Å². The van der Waals surface area contributed by atoms with Crippen molar-refractivity contribution in [2.75, 3.05) is 13.1 Å². The number of nitrogens with one attached hydrogen (secondary N) is 1. The molecule has 1 fully saturated rings. The SMILES string of the molecule is Cc1nc(-c2ccc(F)cc2)sc1C(=O)N1CCC(CC(=O)NCc2ccccc2)CC1. The zero-order valence-electron chi connectivity index (χ0n) is 18.0. The minimum atomic E-state index is -0.296. The van der Waals surface area contributed by atoms with E-state index in [4.69, 9.17) is 0 Å². The van der Waals surface area contributed by atoms with Gasteiger partial charge in [0.15, 0.2) is 0 Å². The van der Waals surface area contributed by atoms with Crippen LogP contribution in [0, 0.1) is 18.7 Å². The van der Waals surface area contributed by atoms with Crippen molar-refractivity contribution < 1.29 is 14.0 Å². The van der Waals surface area contributed by atoms with E-state index in [2.05, 4.69) is 10.3 Å². The van der Waals surface area contributed by atoms with Gasteiger partial charge < -0.3 is 10.2 Å². The number of thiazole rings is 1. The highest BCUT2D eigenvalue weighted by atomic mass is 32.1. The minimum absolute atomic E-state index is 0.0136. The van der Waals surface area contributed by atoms with Gasteiger partial charge in [0.05, 0.1) is 5.69 Å². The molecule has 7 heteroatoms. The molecule has 4 rings (SSSR count). The molecule has 3 aromatic rings. The molecule has 1 saturated heterocycles. The van der Waals surface area contributed by atoms with Gasteiger partial charge in [-0.15, -0.1) is 11.3 Å². The second-order valence-electron chi connectivity index (χ2n) is 8.14. The van der Waals surface area contributed by atoms with Crippen LogP contribution in [0.3, 0.4) is 0 Å². The van der Waals surface area contributed by atoms with Crippen molar-refractivity contribution in [3.05, 3.63) is 76.5 Å². The quantitative estimate of drug-likeness (QED) is 0.585. The standard InChI is InChI=1S/C25H26FN3O2S/c1-17-23(32-24(28-17)20-7-9-21(26)10-8-20)25(31)29-13-11-18(12-14-29)15-22(30)27-16-19-5-3-2-4-6-19/h2-10,18H,11-16H2,1H3,(H,27,30). The summed E-state index contributed by atoms with van der Waals surface area (Å²) in [5.74, 6) is 0.0308. The van der Waals surface area contributed by atoms with E-state index in [1.165, 1.54) is 23.5 Å². The van der Waals surface area contributed by atoms with Gasteiger partial charge in [-0.25, -0.2) is 9.37 Å². The minimum Gasteiger partial charge on any atom is -0.352 e. The highest BCUT2D eigenvalue weighted by molar-refractivity contribution is 7.17. The average Bonchev–Trinajstić information content (AvgIpc) is 3.20. The molecule has 0 spiro atoms. The average molecular weight is 452 g/mol. The second kappa shape index (κ2) is 10.0. The number of hydrogen-bond acceptors (Lipinski definition) is 4. The molecule has 32 heavy (non-hydrogen) atoms. The van der Waals surface area contributed by atoms with Crippen molar-refractivity contribution in [2.24, 2.45) is 5.92 Å². The summed E-state index contributed by atoms with van der Waals surface area (Å²) in [4.78, 5) is 32.4. The first-order valence-corrected chi connectivity index (χ1v) is 11.6. The number of aryl methyl sites for hydroxylation is 1. The van der Waals surface area contributed by atoms with Gasteiger partial charge in [0.25, 0.3) is 5.91 Å². The Bertz CT molecular complexity index is 1070. The van der Waals surface area contributed by atoms with E-state index in [0.717, 1.165) is 29.0 Å². The predicted octanol–water partition coefficient (Wildman–Crippen LogP) is 4.82. The first kappa shape index (κ1) is 22.1. The Morgan fingerprint density at radius 3 is 2.47 bits per heavy atom. The van der Waals surface area contributed by atoms with E-state index in [0.29, 0.717) is 36.6 Å². The van der Waals surface area contributed by atoms with E-state index in [1.54, 1.807) is 12.1 Å². The maximum atomic E-state index is 13.2. The maximum absolute atomic E-state index is 13.2. The maximum Gasteiger partial charge on any atom is 0.265 e. The van der Waals surface area contributed by atoms with Crippen LogP contribution in [0.15, 0.2) is 54.6 Å². The number of likely N-dealkylation sites (tertiary alicyclic amines) is 1. The van der Waals surface area contributed by atoms with Crippen LogP contribution in [0.4, 0.5) is 4.39 Å². The lowest BCUT2D eigenvalue weighted by Crippen LogP contribution is -2.39. The van der Waals surface area contributed by atoms with Gasteiger partial charge in [0.1, 0.15) is 15.7 Å². The van der Waals surface area contributed by atoms with Crippen molar-refractivity contribution in [1.82, 2.24) is 15.2 Å². The number of carbonyl (C=O) groups excluding carboxylic acids is 2. The molecule has 0 atom stereocenters. The largest absolute Gasteiger partial charge is 0.352 e. The molecule has 0 radical (unpaired) electrons. The highest BCUT2D eigenvalue weighted by Crippen LogP contribution is 2.30. The summed E-state index contributed by atoms with van der Waals surface area (Å²) >= 11 is 1.35. The zero-order chi connectivity index (χ0) is 22.5. The topological polar surface area (TPSA) is 62.3 Å². The third kappa shape index (κ3) is 5.40. The number of benzene rings is 2. The Labute approximate surface area is 191 Å². The molecule has 2 heterocycles. The molecule has 1 N–H and O–H groups in total. The number of hydrogen-bond donors (Lipinski definition) is 1. The van der Waals surface area contributed by atoms with Gasteiger partial charge in [0, 0.05) is 31.6 Å². The molecule has 0 aliphatic carbocycles. The Morgan fingerprint density at radius 1 is 1.09 bits per heavy atom. The van der Waals surface area contributed by atoms with Crippen molar-refractivity contribution in [1.29, 1.82) is 0 Å². The van der Waals surface area contributed by atoms with Crippen LogP contribution in [-0.2, 0) is 11.3 Å². The first-order valence-electron chi connectivity index (χ1n) is 10.8. The van der Waals surface area contributed by atoms with Gasteiger partial charge in [0.2, 0.25) is 5.91 Å². The Kier molecular flexibility index (Phi) is 6.95. The van der Waals surface area contributed by atoms with Crippen LogP contribution in [0.2, 0.25) is 0 Å². The summed E-state index contributed by atoms with van der Waals surface area (Å²) in [6.07, 6.45) is 2.11. The lowest BCUT2D eigenvalue weighted by Gasteiger charge is -2.31.